The van der Waals surface area contributed by atoms with Gasteiger partial charge in [-0.2, -0.15) is 5.26 Å². The first-order chi connectivity index (χ1) is 8.65. The normalized spacial score (nSPS) is 13.8. The highest BCUT2D eigenvalue weighted by Crippen LogP contribution is 2.32. The van der Waals surface area contributed by atoms with Crippen LogP contribution in [0, 0.1) is 43.4 Å². The molecule has 1 heterocycles. The molecule has 1 aliphatic carbocycles. The number of hydrogen-bond acceptors (Lipinski definition) is 3. The molecule has 1 aromatic heterocycles. The van der Waals surface area contributed by atoms with Crippen LogP contribution in [-0.2, 0) is 0 Å². The zero-order valence-corrected chi connectivity index (χ0v) is 10.9. The Morgan fingerprint density at radius 1 is 1.50 bits per heavy atom. The van der Waals surface area contributed by atoms with Crippen molar-refractivity contribution >= 4 is 5.82 Å². The number of nitrogens with zero attached hydrogens (tertiary/aromatic N) is 3. The predicted molar refractivity (Wildman–Crippen MR) is 72.2 cm³/mol. The molecular formula is C15H17N3. The molecule has 0 aromatic carbocycles. The second-order valence-corrected chi connectivity index (χ2v) is 4.92. The fourth-order valence-corrected chi connectivity index (χ4v) is 2.13. The largest absolute Gasteiger partial charge is 0.344 e. The van der Waals surface area contributed by atoms with E-state index in [-0.39, 0.29) is 0 Å². The monoisotopic (exact) mass is 239 g/mol. The number of anilines is 1. The van der Waals surface area contributed by atoms with Gasteiger partial charge in [-0.1, -0.05) is 5.92 Å². The van der Waals surface area contributed by atoms with Crippen molar-refractivity contribution in [3.05, 3.63) is 22.9 Å². The summed E-state index contributed by atoms with van der Waals surface area (Å²) in [5, 5.41) is 9.29. The zero-order chi connectivity index (χ0) is 13.1. The Bertz CT molecular complexity index is 530. The van der Waals surface area contributed by atoms with Crippen molar-refractivity contribution in [1.82, 2.24) is 4.98 Å². The van der Waals surface area contributed by atoms with Crippen LogP contribution in [0.1, 0.15) is 29.7 Å². The smallest absolute Gasteiger partial charge is 0.147 e. The number of pyridine rings is 1. The zero-order valence-electron chi connectivity index (χ0n) is 10.9. The van der Waals surface area contributed by atoms with E-state index < -0.39 is 0 Å². The van der Waals surface area contributed by atoms with Crippen LogP contribution in [0.25, 0.3) is 0 Å². The van der Waals surface area contributed by atoms with Gasteiger partial charge in [0.1, 0.15) is 11.9 Å². The first kappa shape index (κ1) is 12.5. The van der Waals surface area contributed by atoms with Crippen molar-refractivity contribution in [3.63, 3.8) is 0 Å². The lowest BCUT2D eigenvalue weighted by Crippen LogP contribution is -2.28. The van der Waals surface area contributed by atoms with Gasteiger partial charge >= 0.3 is 0 Å². The first-order valence-corrected chi connectivity index (χ1v) is 6.22. The maximum Gasteiger partial charge on any atom is 0.147 e. The number of hydrogen-bond donors (Lipinski definition) is 0. The van der Waals surface area contributed by atoms with Crippen LogP contribution in [-0.4, -0.2) is 18.1 Å². The molecule has 1 aromatic rings. The molecule has 1 saturated carbocycles. The van der Waals surface area contributed by atoms with Gasteiger partial charge in [0.25, 0.3) is 0 Å². The number of nitriles is 1. The molecule has 3 nitrogen and oxygen atoms in total. The Hall–Kier alpha value is -2.00. The molecule has 2 rings (SSSR count). The quantitative estimate of drug-likeness (QED) is 0.757. The van der Waals surface area contributed by atoms with Crippen LogP contribution in [0.4, 0.5) is 5.82 Å². The van der Waals surface area contributed by atoms with Crippen LogP contribution >= 0.6 is 0 Å². The van der Waals surface area contributed by atoms with Gasteiger partial charge in [-0.25, -0.2) is 4.98 Å². The van der Waals surface area contributed by atoms with Gasteiger partial charge in [0, 0.05) is 12.2 Å². The summed E-state index contributed by atoms with van der Waals surface area (Å²) >= 11 is 0. The second kappa shape index (κ2) is 5.10. The van der Waals surface area contributed by atoms with Crippen molar-refractivity contribution in [1.29, 1.82) is 5.26 Å². The minimum absolute atomic E-state index is 0.515. The molecule has 0 aliphatic heterocycles. The SMILES string of the molecule is C#CCN(CC1CC1)c1nc(C)cc(C)c1C#N. The molecule has 0 atom stereocenters. The molecule has 0 N–H and O–H groups in total. The van der Waals surface area contributed by atoms with Crippen molar-refractivity contribution in [2.45, 2.75) is 26.7 Å². The van der Waals surface area contributed by atoms with Gasteiger partial charge in [-0.3, -0.25) is 0 Å². The average molecular weight is 239 g/mol. The fourth-order valence-electron chi connectivity index (χ4n) is 2.13. The van der Waals surface area contributed by atoms with E-state index >= 15 is 0 Å². The first-order valence-electron chi connectivity index (χ1n) is 6.22. The summed E-state index contributed by atoms with van der Waals surface area (Å²) in [6.45, 7) is 5.32. The Morgan fingerprint density at radius 3 is 2.78 bits per heavy atom. The maximum absolute atomic E-state index is 9.29. The van der Waals surface area contributed by atoms with Gasteiger partial charge in [-0.05, 0) is 44.2 Å². The minimum atomic E-state index is 0.515. The summed E-state index contributed by atoms with van der Waals surface area (Å²) in [5.41, 5.74) is 2.55. The van der Waals surface area contributed by atoms with E-state index in [1.54, 1.807) is 0 Å². The number of rotatable bonds is 4. The molecule has 18 heavy (non-hydrogen) atoms. The van der Waals surface area contributed by atoms with E-state index in [9.17, 15) is 5.26 Å². The lowest BCUT2D eigenvalue weighted by Gasteiger charge is -2.23. The van der Waals surface area contributed by atoms with Crippen LogP contribution in [0.5, 0.6) is 0 Å². The van der Waals surface area contributed by atoms with E-state index in [0.717, 1.165) is 23.6 Å². The predicted octanol–water partition coefficient (Wildman–Crippen LogP) is 2.42. The van der Waals surface area contributed by atoms with Crippen LogP contribution in [0.2, 0.25) is 0 Å². The summed E-state index contributed by atoms with van der Waals surface area (Å²) in [7, 11) is 0. The molecule has 0 unspecified atom stereocenters. The molecule has 92 valence electrons. The summed E-state index contributed by atoms with van der Waals surface area (Å²) in [6, 6.07) is 4.19. The molecular weight excluding hydrogens is 222 g/mol. The van der Waals surface area contributed by atoms with E-state index in [1.807, 2.05) is 19.9 Å². The van der Waals surface area contributed by atoms with Crippen molar-refractivity contribution in [3.8, 4) is 18.4 Å². The van der Waals surface area contributed by atoms with Gasteiger partial charge < -0.3 is 4.90 Å². The summed E-state index contributed by atoms with van der Waals surface area (Å²) < 4.78 is 0. The van der Waals surface area contributed by atoms with Gasteiger partial charge in [-0.15, -0.1) is 6.42 Å². The highest BCUT2D eigenvalue weighted by molar-refractivity contribution is 5.58. The summed E-state index contributed by atoms with van der Waals surface area (Å²) in [6.07, 6.45) is 7.94. The van der Waals surface area contributed by atoms with Crippen molar-refractivity contribution in [2.75, 3.05) is 18.0 Å². The Morgan fingerprint density at radius 2 is 2.22 bits per heavy atom. The van der Waals surface area contributed by atoms with Gasteiger partial charge in [0.15, 0.2) is 0 Å². The third kappa shape index (κ3) is 2.63. The number of terminal acetylenes is 1. The van der Waals surface area contributed by atoms with E-state index in [1.165, 1.54) is 12.8 Å². The minimum Gasteiger partial charge on any atom is -0.344 e. The molecule has 0 amide bonds. The maximum atomic E-state index is 9.29. The average Bonchev–Trinajstić information content (AvgIpc) is 3.11. The van der Waals surface area contributed by atoms with E-state index in [2.05, 4.69) is 21.9 Å². The second-order valence-electron chi connectivity index (χ2n) is 4.92. The molecule has 0 bridgehead atoms. The van der Waals surface area contributed by atoms with Crippen LogP contribution < -0.4 is 4.90 Å². The van der Waals surface area contributed by atoms with Crippen LogP contribution in [0.3, 0.4) is 0 Å². The highest BCUT2D eigenvalue weighted by atomic mass is 15.2. The lowest BCUT2D eigenvalue weighted by atomic mass is 10.1. The molecule has 3 heteroatoms. The molecule has 1 fully saturated rings. The third-order valence-electron chi connectivity index (χ3n) is 3.19. The standard InChI is InChI=1S/C15H17N3/c1-4-7-18(10-13-5-6-13)15-14(9-16)11(2)8-12(3)17-15/h1,8,13H,5-7,10H2,2-3H3. The van der Waals surface area contributed by atoms with Crippen molar-refractivity contribution < 1.29 is 0 Å². The lowest BCUT2D eigenvalue weighted by molar-refractivity contribution is 0.752. The highest BCUT2D eigenvalue weighted by Gasteiger charge is 2.26. The Labute approximate surface area is 108 Å². The Kier molecular flexibility index (Phi) is 3.53. The molecule has 1 aliphatic rings. The number of aromatic nitrogens is 1. The molecule has 0 saturated heterocycles. The molecule has 0 spiro atoms. The van der Waals surface area contributed by atoms with E-state index in [4.69, 9.17) is 6.42 Å². The number of aryl methyl sites for hydroxylation is 2. The topological polar surface area (TPSA) is 39.9 Å². The van der Waals surface area contributed by atoms with Gasteiger partial charge in [0.05, 0.1) is 12.1 Å². The fraction of sp³-hybridized carbons (Fsp3) is 0.467. The summed E-state index contributed by atoms with van der Waals surface area (Å²) in [4.78, 5) is 6.58. The Balaban J connectivity index is 2.39. The van der Waals surface area contributed by atoms with Crippen LogP contribution in [0.15, 0.2) is 6.07 Å². The van der Waals surface area contributed by atoms with Crippen molar-refractivity contribution in [2.24, 2.45) is 5.92 Å². The van der Waals surface area contributed by atoms with E-state index in [0.29, 0.717) is 18.0 Å². The summed E-state index contributed by atoms with van der Waals surface area (Å²) in [5.74, 6) is 4.13. The van der Waals surface area contributed by atoms with Gasteiger partial charge in [0.2, 0.25) is 0 Å². The third-order valence-corrected chi connectivity index (χ3v) is 3.19. The molecule has 0 radical (unpaired) electrons.